The molecule has 1 heterocycles. The Morgan fingerprint density at radius 3 is 2.35 bits per heavy atom. The van der Waals surface area contributed by atoms with E-state index < -0.39 is 25.3 Å². The largest absolute Gasteiger partial charge is 0.411 e. The van der Waals surface area contributed by atoms with Gasteiger partial charge in [0.05, 0.1) is 12.2 Å². The first-order chi connectivity index (χ1) is 12.2. The van der Waals surface area contributed by atoms with Gasteiger partial charge in [0.15, 0.2) is 0 Å². The molecule has 0 aromatic heterocycles. The van der Waals surface area contributed by atoms with Crippen molar-refractivity contribution in [1.29, 1.82) is 0 Å². The van der Waals surface area contributed by atoms with Crippen LogP contribution in [-0.2, 0) is 27.4 Å². The van der Waals surface area contributed by atoms with Crippen LogP contribution >= 0.6 is 0 Å². The van der Waals surface area contributed by atoms with Gasteiger partial charge in [-0.3, -0.25) is 9.69 Å². The third-order valence-corrected chi connectivity index (χ3v) is 3.91. The summed E-state index contributed by atoms with van der Waals surface area (Å²) in [6.07, 6.45) is -3.99. The number of morpholine rings is 1. The highest BCUT2D eigenvalue weighted by atomic mass is 19.4. The standard InChI is InChI=1S/C18H25F3N2O3/c1-13-8-23(9-14(2)26-13)10-16-5-3-15(4-6-16)7-22-17(24)11-25-12-18(19,20)21/h3-6,13-14H,7-12H2,1-2H3,(H,22,24). The molecule has 146 valence electrons. The Labute approximate surface area is 151 Å². The van der Waals surface area contributed by atoms with Gasteiger partial charge in [-0.25, -0.2) is 0 Å². The molecule has 0 spiro atoms. The van der Waals surface area contributed by atoms with Gasteiger partial charge in [-0.05, 0) is 25.0 Å². The highest BCUT2D eigenvalue weighted by molar-refractivity contribution is 5.77. The normalized spacial score (nSPS) is 21.6. The molecule has 0 saturated carbocycles. The summed E-state index contributed by atoms with van der Waals surface area (Å²) in [5.41, 5.74) is 2.04. The third kappa shape index (κ3) is 7.72. The summed E-state index contributed by atoms with van der Waals surface area (Å²) in [6, 6.07) is 7.79. The Morgan fingerprint density at radius 1 is 1.19 bits per heavy atom. The van der Waals surface area contributed by atoms with E-state index in [1.165, 1.54) is 0 Å². The molecule has 1 aromatic rings. The van der Waals surface area contributed by atoms with E-state index >= 15 is 0 Å². The summed E-state index contributed by atoms with van der Waals surface area (Å²) in [5.74, 6) is -0.574. The molecule has 26 heavy (non-hydrogen) atoms. The van der Waals surface area contributed by atoms with Crippen LogP contribution in [0.25, 0.3) is 0 Å². The van der Waals surface area contributed by atoms with Gasteiger partial charge in [0.2, 0.25) is 5.91 Å². The molecule has 0 aliphatic carbocycles. The molecule has 1 N–H and O–H groups in total. The van der Waals surface area contributed by atoms with Crippen molar-refractivity contribution in [3.05, 3.63) is 35.4 Å². The highest BCUT2D eigenvalue weighted by Gasteiger charge is 2.27. The number of hydrogen-bond donors (Lipinski definition) is 1. The SMILES string of the molecule is CC1CN(Cc2ccc(CNC(=O)COCC(F)(F)F)cc2)CC(C)O1. The molecular formula is C18H25F3N2O3. The first-order valence-corrected chi connectivity index (χ1v) is 8.58. The van der Waals surface area contributed by atoms with Crippen LogP contribution in [0.4, 0.5) is 13.2 Å². The van der Waals surface area contributed by atoms with Crippen LogP contribution in [0.1, 0.15) is 25.0 Å². The molecule has 1 saturated heterocycles. The van der Waals surface area contributed by atoms with Crippen molar-refractivity contribution in [3.8, 4) is 0 Å². The van der Waals surface area contributed by atoms with Gasteiger partial charge < -0.3 is 14.8 Å². The number of nitrogens with one attached hydrogen (secondary N) is 1. The summed E-state index contributed by atoms with van der Waals surface area (Å²) >= 11 is 0. The van der Waals surface area contributed by atoms with Crippen LogP contribution < -0.4 is 5.32 Å². The minimum atomic E-state index is -4.42. The average Bonchev–Trinajstić information content (AvgIpc) is 2.52. The molecule has 1 amide bonds. The zero-order valence-electron chi connectivity index (χ0n) is 15.0. The molecule has 8 heteroatoms. The van der Waals surface area contributed by atoms with Crippen LogP contribution in [0.5, 0.6) is 0 Å². The molecule has 1 aromatic carbocycles. The van der Waals surface area contributed by atoms with Crippen LogP contribution in [0.2, 0.25) is 0 Å². The second-order valence-corrected chi connectivity index (χ2v) is 6.65. The number of carbonyl (C=O) groups is 1. The number of nitrogens with zero attached hydrogens (tertiary/aromatic N) is 1. The van der Waals surface area contributed by atoms with Crippen molar-refractivity contribution in [3.63, 3.8) is 0 Å². The van der Waals surface area contributed by atoms with E-state index in [2.05, 4.69) is 28.8 Å². The molecule has 2 rings (SSSR count). The lowest BCUT2D eigenvalue weighted by Crippen LogP contribution is -2.44. The predicted molar refractivity (Wildman–Crippen MR) is 90.4 cm³/mol. The fraction of sp³-hybridized carbons (Fsp3) is 0.611. The zero-order chi connectivity index (χ0) is 19.2. The maximum Gasteiger partial charge on any atom is 0.411 e. The number of hydrogen-bond acceptors (Lipinski definition) is 4. The van der Waals surface area contributed by atoms with Gasteiger partial charge >= 0.3 is 6.18 Å². The second kappa shape index (κ2) is 9.34. The van der Waals surface area contributed by atoms with Crippen molar-refractivity contribution in [2.45, 2.75) is 45.3 Å². The zero-order valence-corrected chi connectivity index (χ0v) is 15.0. The van der Waals surface area contributed by atoms with Crippen molar-refractivity contribution in [2.24, 2.45) is 0 Å². The first kappa shape index (κ1) is 20.7. The van der Waals surface area contributed by atoms with Crippen molar-refractivity contribution in [2.75, 3.05) is 26.3 Å². The number of benzene rings is 1. The molecule has 1 aliphatic heterocycles. The van der Waals surface area contributed by atoms with Crippen molar-refractivity contribution in [1.82, 2.24) is 10.2 Å². The Morgan fingerprint density at radius 2 is 1.77 bits per heavy atom. The van der Waals surface area contributed by atoms with E-state index in [1.807, 2.05) is 24.3 Å². The minimum Gasteiger partial charge on any atom is -0.373 e. The topological polar surface area (TPSA) is 50.8 Å². The third-order valence-electron chi connectivity index (χ3n) is 3.91. The summed E-state index contributed by atoms with van der Waals surface area (Å²) in [5, 5.41) is 2.54. The lowest BCUT2D eigenvalue weighted by Gasteiger charge is -2.35. The molecule has 1 fully saturated rings. The monoisotopic (exact) mass is 374 g/mol. The highest BCUT2D eigenvalue weighted by Crippen LogP contribution is 2.15. The average molecular weight is 374 g/mol. The number of amides is 1. The number of alkyl halides is 3. The van der Waals surface area contributed by atoms with E-state index in [-0.39, 0.29) is 18.8 Å². The second-order valence-electron chi connectivity index (χ2n) is 6.65. The van der Waals surface area contributed by atoms with E-state index in [0.29, 0.717) is 0 Å². The van der Waals surface area contributed by atoms with Gasteiger partial charge in [-0.15, -0.1) is 0 Å². The van der Waals surface area contributed by atoms with Crippen LogP contribution in [0.15, 0.2) is 24.3 Å². The molecule has 1 aliphatic rings. The lowest BCUT2D eigenvalue weighted by atomic mass is 10.1. The molecular weight excluding hydrogens is 349 g/mol. The van der Waals surface area contributed by atoms with Crippen molar-refractivity contribution >= 4 is 5.91 Å². The van der Waals surface area contributed by atoms with E-state index in [0.717, 1.165) is 30.8 Å². The number of rotatable bonds is 7. The molecule has 0 radical (unpaired) electrons. The van der Waals surface area contributed by atoms with E-state index in [1.54, 1.807) is 0 Å². The molecule has 2 atom stereocenters. The fourth-order valence-electron chi connectivity index (χ4n) is 2.95. The van der Waals surface area contributed by atoms with Gasteiger partial charge in [0, 0.05) is 26.2 Å². The lowest BCUT2D eigenvalue weighted by molar-refractivity contribution is -0.175. The maximum absolute atomic E-state index is 11.9. The van der Waals surface area contributed by atoms with E-state index in [4.69, 9.17) is 4.74 Å². The van der Waals surface area contributed by atoms with Gasteiger partial charge in [0.1, 0.15) is 13.2 Å². The summed E-state index contributed by atoms with van der Waals surface area (Å²) < 4.78 is 45.9. The number of halogens is 3. The maximum atomic E-state index is 11.9. The Kier molecular flexibility index (Phi) is 7.43. The van der Waals surface area contributed by atoms with E-state index in [9.17, 15) is 18.0 Å². The van der Waals surface area contributed by atoms with Gasteiger partial charge in [-0.2, -0.15) is 13.2 Å². The fourth-order valence-corrected chi connectivity index (χ4v) is 2.95. The Balaban J connectivity index is 1.72. The predicted octanol–water partition coefficient (Wildman–Crippen LogP) is 2.49. The van der Waals surface area contributed by atoms with Gasteiger partial charge in [-0.1, -0.05) is 24.3 Å². The summed E-state index contributed by atoms with van der Waals surface area (Å²) in [4.78, 5) is 13.8. The van der Waals surface area contributed by atoms with Gasteiger partial charge in [0.25, 0.3) is 0 Å². The van der Waals surface area contributed by atoms with Crippen LogP contribution in [-0.4, -0.2) is 55.5 Å². The minimum absolute atomic E-state index is 0.216. The summed E-state index contributed by atoms with van der Waals surface area (Å²) in [7, 11) is 0. The van der Waals surface area contributed by atoms with Crippen LogP contribution in [0.3, 0.4) is 0 Å². The molecule has 5 nitrogen and oxygen atoms in total. The number of ether oxygens (including phenoxy) is 2. The smallest absolute Gasteiger partial charge is 0.373 e. The summed E-state index contributed by atoms with van der Waals surface area (Å²) in [6.45, 7) is 4.95. The van der Waals surface area contributed by atoms with Crippen LogP contribution in [0, 0.1) is 0 Å². The quantitative estimate of drug-likeness (QED) is 0.797. The Bertz CT molecular complexity index is 568. The van der Waals surface area contributed by atoms with Crippen molar-refractivity contribution < 1.29 is 27.4 Å². The first-order valence-electron chi connectivity index (χ1n) is 8.58. The Hall–Kier alpha value is -1.64. The molecule has 2 unspecified atom stereocenters. The molecule has 0 bridgehead atoms. The number of carbonyl (C=O) groups excluding carboxylic acids is 1.